The smallest absolute Gasteiger partial charge is 0.252 e. The van der Waals surface area contributed by atoms with Crippen molar-refractivity contribution in [3.05, 3.63) is 45.9 Å². The molecule has 1 atom stereocenters. The van der Waals surface area contributed by atoms with Crippen molar-refractivity contribution in [1.29, 1.82) is 0 Å². The predicted octanol–water partition coefficient (Wildman–Crippen LogP) is 3.39. The molecule has 1 heterocycles. The van der Waals surface area contributed by atoms with Crippen LogP contribution in [0.5, 0.6) is 0 Å². The number of rotatable bonds is 4. The highest BCUT2D eigenvalue weighted by Crippen LogP contribution is 2.40. The van der Waals surface area contributed by atoms with Gasteiger partial charge in [0.1, 0.15) is 5.01 Å². The Labute approximate surface area is 142 Å². The number of hydrogen-bond donors (Lipinski definition) is 1. The highest BCUT2D eigenvalue weighted by molar-refractivity contribution is 7.84. The summed E-state index contributed by atoms with van der Waals surface area (Å²) in [5, 5.41) is 6.26. The minimum Gasteiger partial charge on any atom is -0.340 e. The average molecular weight is 348 g/mol. The van der Waals surface area contributed by atoms with Gasteiger partial charge < -0.3 is 5.32 Å². The number of nitrogens with zero attached hydrogens (tertiary/aromatic N) is 1. The van der Waals surface area contributed by atoms with Crippen LogP contribution in [0.1, 0.15) is 46.7 Å². The molecule has 1 fully saturated rings. The third-order valence-corrected chi connectivity index (χ3v) is 6.39. The average Bonchev–Trinajstić information content (AvgIpc) is 3.17. The number of aryl methyl sites for hydroxylation is 1. The summed E-state index contributed by atoms with van der Waals surface area (Å²) in [6, 6.07) is 6.98. The van der Waals surface area contributed by atoms with E-state index in [0.29, 0.717) is 5.56 Å². The van der Waals surface area contributed by atoms with Crippen molar-refractivity contribution in [1.82, 2.24) is 10.3 Å². The van der Waals surface area contributed by atoms with Crippen molar-refractivity contribution >= 4 is 28.0 Å². The fourth-order valence-electron chi connectivity index (χ4n) is 3.03. The molecule has 1 unspecified atom stereocenters. The Morgan fingerprint density at radius 1 is 1.26 bits per heavy atom. The summed E-state index contributed by atoms with van der Waals surface area (Å²) in [6.07, 6.45) is 5.71. The molecule has 3 rings (SSSR count). The van der Waals surface area contributed by atoms with E-state index in [-0.39, 0.29) is 11.4 Å². The Hall–Kier alpha value is -1.53. The molecule has 0 aliphatic heterocycles. The Balaban J connectivity index is 1.83. The van der Waals surface area contributed by atoms with E-state index in [1.54, 1.807) is 41.9 Å². The zero-order valence-electron chi connectivity index (χ0n) is 13.3. The van der Waals surface area contributed by atoms with Gasteiger partial charge in [-0.3, -0.25) is 9.00 Å². The minimum atomic E-state index is -1.03. The number of hydrogen-bond acceptors (Lipinski definition) is 4. The van der Waals surface area contributed by atoms with Gasteiger partial charge in [-0.25, -0.2) is 4.98 Å². The summed E-state index contributed by atoms with van der Waals surface area (Å²) >= 11 is 1.62. The molecule has 1 N–H and O–H groups in total. The zero-order chi connectivity index (χ0) is 16.4. The molecule has 1 aliphatic rings. The summed E-state index contributed by atoms with van der Waals surface area (Å²) in [7, 11) is -1.03. The summed E-state index contributed by atoms with van der Waals surface area (Å²) < 4.78 is 11.4. The van der Waals surface area contributed by atoms with Gasteiger partial charge in [-0.15, -0.1) is 11.3 Å². The number of amides is 1. The van der Waals surface area contributed by atoms with E-state index in [2.05, 4.69) is 10.3 Å². The maximum Gasteiger partial charge on any atom is 0.252 e. The van der Waals surface area contributed by atoms with Gasteiger partial charge in [0, 0.05) is 38.6 Å². The summed E-state index contributed by atoms with van der Waals surface area (Å²) in [6.45, 7) is 1.98. The molecule has 1 aromatic heterocycles. The number of benzene rings is 1. The molecule has 2 aromatic rings. The van der Waals surface area contributed by atoms with Crippen molar-refractivity contribution in [2.24, 2.45) is 0 Å². The lowest BCUT2D eigenvalue weighted by molar-refractivity contribution is 0.0898. The van der Waals surface area contributed by atoms with Crippen LogP contribution in [0.3, 0.4) is 0 Å². The van der Waals surface area contributed by atoms with Crippen LogP contribution in [0.4, 0.5) is 0 Å². The van der Waals surface area contributed by atoms with Gasteiger partial charge in [0.2, 0.25) is 0 Å². The first-order valence-electron chi connectivity index (χ1n) is 7.69. The molecular weight excluding hydrogens is 328 g/mol. The SMILES string of the molecule is Cc1csc(C2(NC(=O)c3ccc(S(C)=O)cc3)CCCC2)n1. The molecule has 122 valence electrons. The summed E-state index contributed by atoms with van der Waals surface area (Å²) in [5.74, 6) is -0.0896. The van der Waals surface area contributed by atoms with Crippen LogP contribution in [-0.2, 0) is 16.3 Å². The lowest BCUT2D eigenvalue weighted by Crippen LogP contribution is -2.43. The van der Waals surface area contributed by atoms with Gasteiger partial charge in [0.25, 0.3) is 5.91 Å². The monoisotopic (exact) mass is 348 g/mol. The van der Waals surface area contributed by atoms with Gasteiger partial charge in [0.05, 0.1) is 5.54 Å². The quantitative estimate of drug-likeness (QED) is 0.921. The van der Waals surface area contributed by atoms with Crippen LogP contribution in [0.25, 0.3) is 0 Å². The largest absolute Gasteiger partial charge is 0.340 e. The van der Waals surface area contributed by atoms with Gasteiger partial charge in [-0.05, 0) is 44.0 Å². The molecule has 1 aliphatic carbocycles. The molecule has 0 spiro atoms. The molecule has 6 heteroatoms. The van der Waals surface area contributed by atoms with Crippen molar-refractivity contribution < 1.29 is 9.00 Å². The summed E-state index contributed by atoms with van der Waals surface area (Å²) in [4.78, 5) is 18.0. The topological polar surface area (TPSA) is 59.1 Å². The van der Waals surface area contributed by atoms with Crippen molar-refractivity contribution in [3.63, 3.8) is 0 Å². The predicted molar refractivity (Wildman–Crippen MR) is 93.2 cm³/mol. The molecular formula is C17H20N2O2S2. The van der Waals surface area contributed by atoms with Crippen LogP contribution < -0.4 is 5.32 Å². The van der Waals surface area contributed by atoms with Gasteiger partial charge >= 0.3 is 0 Å². The van der Waals surface area contributed by atoms with Crippen LogP contribution in [0.2, 0.25) is 0 Å². The first kappa shape index (κ1) is 16.3. The first-order chi connectivity index (χ1) is 11.0. The molecule has 0 bridgehead atoms. The number of carbonyl (C=O) groups is 1. The lowest BCUT2D eigenvalue weighted by Gasteiger charge is -2.28. The Kier molecular flexibility index (Phi) is 4.64. The molecule has 23 heavy (non-hydrogen) atoms. The second kappa shape index (κ2) is 6.53. The van der Waals surface area contributed by atoms with E-state index >= 15 is 0 Å². The normalized spacial score (nSPS) is 17.8. The molecule has 1 saturated carbocycles. The number of aromatic nitrogens is 1. The van der Waals surface area contributed by atoms with Crippen LogP contribution >= 0.6 is 11.3 Å². The highest BCUT2D eigenvalue weighted by Gasteiger charge is 2.39. The number of carbonyl (C=O) groups excluding carboxylic acids is 1. The Morgan fingerprint density at radius 3 is 2.43 bits per heavy atom. The van der Waals surface area contributed by atoms with E-state index in [0.717, 1.165) is 41.3 Å². The summed E-state index contributed by atoms with van der Waals surface area (Å²) in [5.41, 5.74) is 1.27. The molecule has 0 saturated heterocycles. The third-order valence-electron chi connectivity index (χ3n) is 4.29. The van der Waals surface area contributed by atoms with Crippen LogP contribution in [-0.4, -0.2) is 21.4 Å². The second-order valence-electron chi connectivity index (χ2n) is 6.02. The van der Waals surface area contributed by atoms with Gasteiger partial charge in [-0.2, -0.15) is 0 Å². The Morgan fingerprint density at radius 2 is 1.91 bits per heavy atom. The van der Waals surface area contributed by atoms with Crippen LogP contribution in [0.15, 0.2) is 34.5 Å². The van der Waals surface area contributed by atoms with Gasteiger partial charge in [0.15, 0.2) is 0 Å². The van der Waals surface area contributed by atoms with E-state index in [1.807, 2.05) is 12.3 Å². The fraction of sp³-hybridized carbons (Fsp3) is 0.412. The van der Waals surface area contributed by atoms with Crippen molar-refractivity contribution in [2.45, 2.75) is 43.0 Å². The number of thiazole rings is 1. The lowest BCUT2D eigenvalue weighted by atomic mass is 9.97. The third kappa shape index (κ3) is 3.38. The highest BCUT2D eigenvalue weighted by atomic mass is 32.2. The molecule has 1 amide bonds. The van der Waals surface area contributed by atoms with E-state index in [9.17, 15) is 9.00 Å². The van der Waals surface area contributed by atoms with E-state index in [1.165, 1.54) is 0 Å². The van der Waals surface area contributed by atoms with Crippen molar-refractivity contribution in [2.75, 3.05) is 6.26 Å². The zero-order valence-corrected chi connectivity index (χ0v) is 14.9. The molecule has 4 nitrogen and oxygen atoms in total. The maximum atomic E-state index is 12.7. The first-order valence-corrected chi connectivity index (χ1v) is 10.1. The number of nitrogens with one attached hydrogen (secondary N) is 1. The standard InChI is InChI=1S/C17H20N2O2S2/c1-12-11-22-16(18-12)17(9-3-4-10-17)19-15(20)13-5-7-14(8-6-13)23(2)21/h5-8,11H,3-4,9-10H2,1-2H3,(H,19,20). The van der Waals surface area contributed by atoms with Crippen molar-refractivity contribution in [3.8, 4) is 0 Å². The molecule has 1 aromatic carbocycles. The van der Waals surface area contributed by atoms with E-state index in [4.69, 9.17) is 0 Å². The van der Waals surface area contributed by atoms with E-state index < -0.39 is 10.8 Å². The maximum absolute atomic E-state index is 12.7. The fourth-order valence-corrected chi connectivity index (χ4v) is 4.56. The van der Waals surface area contributed by atoms with Gasteiger partial charge in [-0.1, -0.05) is 12.8 Å². The second-order valence-corrected chi connectivity index (χ2v) is 8.25. The minimum absolute atomic E-state index is 0.0896. The van der Waals surface area contributed by atoms with Crippen LogP contribution in [0, 0.1) is 6.92 Å². The molecule has 0 radical (unpaired) electrons. The Bertz CT molecular complexity index is 731.